The van der Waals surface area contributed by atoms with Gasteiger partial charge in [-0.25, -0.2) is 0 Å². The zero-order chi connectivity index (χ0) is 36.4. The highest BCUT2D eigenvalue weighted by molar-refractivity contribution is 6.23. The number of fused-ring (bicyclic) bond motifs is 5. The molecule has 0 atom stereocenters. The van der Waals surface area contributed by atoms with Crippen molar-refractivity contribution < 1.29 is 0 Å². The van der Waals surface area contributed by atoms with Crippen molar-refractivity contribution in [2.45, 2.75) is 0 Å². The Kier molecular flexibility index (Phi) is 8.25. The number of rotatable bonds is 7. The molecule has 54 heavy (non-hydrogen) atoms. The van der Waals surface area contributed by atoms with E-state index in [2.05, 4.69) is 155 Å². The van der Waals surface area contributed by atoms with E-state index >= 15 is 0 Å². The van der Waals surface area contributed by atoms with Crippen LogP contribution in [0.3, 0.4) is 0 Å². The fourth-order valence-corrected chi connectivity index (χ4v) is 7.53. The van der Waals surface area contributed by atoms with E-state index in [-0.39, 0.29) is 0 Å². The van der Waals surface area contributed by atoms with Gasteiger partial charge in [0.05, 0.1) is 34.6 Å². The summed E-state index contributed by atoms with van der Waals surface area (Å²) in [6.07, 6.45) is 0. The molecule has 0 heterocycles. The molecule has 0 unspecified atom stereocenters. The molecular formula is C50H32N4. The van der Waals surface area contributed by atoms with Gasteiger partial charge in [0.25, 0.3) is 0 Å². The third kappa shape index (κ3) is 5.75. The van der Waals surface area contributed by atoms with Crippen LogP contribution in [-0.2, 0) is 0 Å². The second-order valence-electron chi connectivity index (χ2n) is 13.2. The Bertz CT molecular complexity index is 2870. The monoisotopic (exact) mass is 688 g/mol. The first-order chi connectivity index (χ1) is 26.7. The Morgan fingerprint density at radius 2 is 0.704 bits per heavy atom. The minimum atomic E-state index is 0.617. The molecule has 0 amide bonds. The number of para-hydroxylation sites is 1. The Labute approximate surface area is 314 Å². The minimum Gasteiger partial charge on any atom is -0.310 e. The molecule has 252 valence electrons. The van der Waals surface area contributed by atoms with Crippen LogP contribution in [0.2, 0.25) is 0 Å². The van der Waals surface area contributed by atoms with Gasteiger partial charge in [-0.3, -0.25) is 0 Å². The highest BCUT2D eigenvalue weighted by Crippen LogP contribution is 2.46. The minimum absolute atomic E-state index is 0.617. The number of anilines is 6. The maximum atomic E-state index is 9.61. The largest absolute Gasteiger partial charge is 0.310 e. The lowest BCUT2D eigenvalue weighted by atomic mass is 9.94. The molecule has 0 aliphatic rings. The van der Waals surface area contributed by atoms with E-state index in [0.29, 0.717) is 11.1 Å². The smallest absolute Gasteiger partial charge is 0.0991 e. The van der Waals surface area contributed by atoms with Crippen LogP contribution < -0.4 is 9.80 Å². The van der Waals surface area contributed by atoms with Crippen molar-refractivity contribution in [1.82, 2.24) is 0 Å². The van der Waals surface area contributed by atoms with E-state index in [4.69, 9.17) is 0 Å². The molecule has 0 aliphatic carbocycles. The molecule has 0 bridgehead atoms. The number of benzene rings is 9. The summed E-state index contributed by atoms with van der Waals surface area (Å²) in [5.41, 5.74) is 9.61. The number of hydrogen-bond donors (Lipinski definition) is 0. The van der Waals surface area contributed by atoms with Gasteiger partial charge in [0.2, 0.25) is 0 Å². The van der Waals surface area contributed by atoms with Gasteiger partial charge in [0.15, 0.2) is 0 Å². The first-order valence-corrected chi connectivity index (χ1v) is 17.9. The predicted octanol–water partition coefficient (Wildman–Crippen LogP) is 13.5. The Balaban J connectivity index is 1.28. The molecule has 4 heteroatoms. The molecule has 9 aromatic rings. The van der Waals surface area contributed by atoms with Gasteiger partial charge >= 0.3 is 0 Å². The molecule has 0 saturated carbocycles. The molecule has 0 fully saturated rings. The van der Waals surface area contributed by atoms with E-state index in [1.165, 1.54) is 10.9 Å². The van der Waals surface area contributed by atoms with Crippen LogP contribution in [0.4, 0.5) is 34.1 Å². The van der Waals surface area contributed by atoms with E-state index in [1.807, 2.05) is 60.7 Å². The summed E-state index contributed by atoms with van der Waals surface area (Å²) >= 11 is 0. The maximum Gasteiger partial charge on any atom is 0.0991 e. The normalized spacial score (nSPS) is 10.9. The molecule has 9 rings (SSSR count). The van der Waals surface area contributed by atoms with Crippen LogP contribution in [0.15, 0.2) is 194 Å². The Morgan fingerprint density at radius 3 is 1.31 bits per heavy atom. The SMILES string of the molecule is N#Cc1ccc(N(c2ccccc2)c2cc3c4cccc(N(c5ccc(C#N)cc5)c5ccc(-c6ccccc6)cc5)c4ccc3c3ccccc23)cc1. The van der Waals surface area contributed by atoms with Crippen molar-refractivity contribution in [3.8, 4) is 23.3 Å². The summed E-state index contributed by atoms with van der Waals surface area (Å²) in [6, 6.07) is 71.5. The molecule has 0 spiro atoms. The molecule has 0 aliphatic heterocycles. The van der Waals surface area contributed by atoms with Gasteiger partial charge < -0.3 is 9.80 Å². The molecule has 9 aromatic carbocycles. The quantitative estimate of drug-likeness (QED) is 0.156. The van der Waals surface area contributed by atoms with Crippen molar-refractivity contribution in [2.24, 2.45) is 0 Å². The summed E-state index contributed by atoms with van der Waals surface area (Å²) in [5.74, 6) is 0. The summed E-state index contributed by atoms with van der Waals surface area (Å²) < 4.78 is 0. The molecular weight excluding hydrogens is 657 g/mol. The van der Waals surface area contributed by atoms with Gasteiger partial charge in [-0.2, -0.15) is 10.5 Å². The fourth-order valence-electron chi connectivity index (χ4n) is 7.53. The van der Waals surface area contributed by atoms with Crippen molar-refractivity contribution in [3.63, 3.8) is 0 Å². The topological polar surface area (TPSA) is 54.1 Å². The van der Waals surface area contributed by atoms with Crippen molar-refractivity contribution in [3.05, 3.63) is 205 Å². The van der Waals surface area contributed by atoms with E-state index in [1.54, 1.807) is 0 Å². The third-order valence-electron chi connectivity index (χ3n) is 10.1. The first kappa shape index (κ1) is 32.3. The van der Waals surface area contributed by atoms with Crippen molar-refractivity contribution in [1.29, 1.82) is 10.5 Å². The Morgan fingerprint density at radius 1 is 0.296 bits per heavy atom. The molecule has 0 N–H and O–H groups in total. The average molecular weight is 689 g/mol. The van der Waals surface area contributed by atoms with Crippen LogP contribution in [0.25, 0.3) is 43.4 Å². The van der Waals surface area contributed by atoms with Crippen molar-refractivity contribution >= 4 is 66.4 Å². The van der Waals surface area contributed by atoms with Gasteiger partial charge in [0.1, 0.15) is 0 Å². The highest BCUT2D eigenvalue weighted by Gasteiger charge is 2.21. The lowest BCUT2D eigenvalue weighted by Gasteiger charge is -2.29. The summed E-state index contributed by atoms with van der Waals surface area (Å²) in [5, 5.41) is 26.0. The Hall–Kier alpha value is -7.66. The van der Waals surface area contributed by atoms with Crippen LogP contribution in [0, 0.1) is 22.7 Å². The number of nitriles is 2. The van der Waals surface area contributed by atoms with Crippen LogP contribution in [0.5, 0.6) is 0 Å². The van der Waals surface area contributed by atoms with Gasteiger partial charge in [-0.1, -0.05) is 109 Å². The lowest BCUT2D eigenvalue weighted by Crippen LogP contribution is -2.11. The van der Waals surface area contributed by atoms with Gasteiger partial charge in [-0.05, 0) is 118 Å². The zero-order valence-corrected chi connectivity index (χ0v) is 29.3. The molecule has 0 aromatic heterocycles. The summed E-state index contributed by atoms with van der Waals surface area (Å²) in [4.78, 5) is 4.56. The second kappa shape index (κ2) is 13.8. The van der Waals surface area contributed by atoms with Crippen LogP contribution >= 0.6 is 0 Å². The average Bonchev–Trinajstić information content (AvgIpc) is 3.25. The molecule has 4 nitrogen and oxygen atoms in total. The van der Waals surface area contributed by atoms with E-state index < -0.39 is 0 Å². The highest BCUT2D eigenvalue weighted by atomic mass is 15.1. The van der Waals surface area contributed by atoms with Gasteiger partial charge in [0, 0.05) is 33.5 Å². The predicted molar refractivity (Wildman–Crippen MR) is 223 cm³/mol. The number of hydrogen-bond acceptors (Lipinski definition) is 4. The molecule has 0 saturated heterocycles. The number of nitrogens with zero attached hydrogens (tertiary/aromatic N) is 4. The lowest BCUT2D eigenvalue weighted by molar-refractivity contribution is 1.29. The standard InChI is InChI=1S/C50H32N4/c51-33-35-18-24-40(25-19-35)53(42-28-22-38(23-29-42)37-10-3-1-4-11-37)49-17-9-16-44-47(49)31-30-45-43-14-7-8-15-46(43)50(32-48(44)45)54(39-12-5-2-6-13-39)41-26-20-36(34-52)21-27-41/h1-32H. The molecule has 0 radical (unpaired) electrons. The van der Waals surface area contributed by atoms with Crippen LogP contribution in [0.1, 0.15) is 11.1 Å². The van der Waals surface area contributed by atoms with Crippen molar-refractivity contribution in [2.75, 3.05) is 9.80 Å². The maximum absolute atomic E-state index is 9.61. The summed E-state index contributed by atoms with van der Waals surface area (Å²) in [7, 11) is 0. The zero-order valence-electron chi connectivity index (χ0n) is 29.3. The second-order valence-corrected chi connectivity index (χ2v) is 13.2. The third-order valence-corrected chi connectivity index (χ3v) is 10.1. The summed E-state index contributed by atoms with van der Waals surface area (Å²) in [6.45, 7) is 0. The van der Waals surface area contributed by atoms with Crippen LogP contribution in [-0.4, -0.2) is 0 Å². The van der Waals surface area contributed by atoms with Gasteiger partial charge in [-0.15, -0.1) is 0 Å². The van der Waals surface area contributed by atoms with E-state index in [9.17, 15) is 10.5 Å². The first-order valence-electron chi connectivity index (χ1n) is 17.9. The van der Waals surface area contributed by atoms with E-state index in [0.717, 1.165) is 66.6 Å². The fraction of sp³-hybridized carbons (Fsp3) is 0.